The zero-order valence-corrected chi connectivity index (χ0v) is 8.81. The summed E-state index contributed by atoms with van der Waals surface area (Å²) in [5, 5.41) is 9.89. The molecule has 0 saturated heterocycles. The fraction of sp³-hybridized carbons (Fsp3) is 0.800. The fourth-order valence-corrected chi connectivity index (χ4v) is 0.387. The van der Waals surface area contributed by atoms with Crippen molar-refractivity contribution in [1.29, 1.82) is 0 Å². The van der Waals surface area contributed by atoms with Gasteiger partial charge < -0.3 is 19.1 Å². The van der Waals surface area contributed by atoms with Crippen LogP contribution in [0.4, 0.5) is 0 Å². The molecule has 0 N–H and O–H groups in total. The number of hydrogen-bond donors (Lipinski definition) is 0. The molecule has 60 valence electrons. The van der Waals surface area contributed by atoms with E-state index in [9.17, 15) is 9.90 Å². The van der Waals surface area contributed by atoms with Crippen LogP contribution in [0.3, 0.4) is 0 Å². The normalized spacial score (nSPS) is 9.10. The molecule has 3 nitrogen and oxygen atoms in total. The zero-order valence-electron chi connectivity index (χ0n) is 6.35. The molecule has 0 atom stereocenters. The maximum Gasteiger partial charge on any atom is 0.118 e. The van der Waals surface area contributed by atoms with Crippen molar-refractivity contribution in [3.05, 3.63) is 0 Å². The summed E-state index contributed by atoms with van der Waals surface area (Å²) in [7, 11) is 5.40. The average molecular weight is 227 g/mol. The molecule has 0 heterocycles. The number of rotatable bonds is 2. The van der Waals surface area contributed by atoms with Crippen LogP contribution >= 0.6 is 0 Å². The maximum absolute atomic E-state index is 9.89. The first kappa shape index (κ1) is 16.7. The van der Waals surface area contributed by atoms with Gasteiger partial charge in [0.2, 0.25) is 0 Å². The minimum absolute atomic E-state index is 0. The maximum atomic E-state index is 9.89. The monoisotopic (exact) mass is 226 g/mol. The van der Waals surface area contributed by atoms with Gasteiger partial charge in [0.05, 0.1) is 27.1 Å². The van der Waals surface area contributed by atoms with E-state index in [0.29, 0.717) is 4.48 Å². The second-order valence-electron chi connectivity index (χ2n) is 2.82. The van der Waals surface area contributed by atoms with E-state index in [1.165, 1.54) is 0 Å². The SMILES string of the molecule is C[N+](C)(C)CC(=O)[O-].[F-].[Zr]. The topological polar surface area (TPSA) is 40.1 Å². The molecule has 0 aliphatic rings. The first-order chi connectivity index (χ1) is 3.42. The molecule has 0 unspecified atom stereocenters. The first-order valence-corrected chi connectivity index (χ1v) is 2.42. The van der Waals surface area contributed by atoms with Gasteiger partial charge in [0.15, 0.2) is 0 Å². The molecule has 5 heteroatoms. The molecule has 0 spiro atoms. The fourth-order valence-electron chi connectivity index (χ4n) is 0.387. The molecule has 0 aliphatic heterocycles. The van der Waals surface area contributed by atoms with Crippen LogP contribution in [0.25, 0.3) is 0 Å². The van der Waals surface area contributed by atoms with Gasteiger partial charge >= 0.3 is 0 Å². The van der Waals surface area contributed by atoms with E-state index in [-0.39, 0.29) is 37.5 Å². The van der Waals surface area contributed by atoms with Crippen LogP contribution in [0.1, 0.15) is 0 Å². The summed E-state index contributed by atoms with van der Waals surface area (Å²) in [6.07, 6.45) is 0. The molecule has 0 aromatic rings. The molecule has 0 aromatic heterocycles. The molecule has 0 fully saturated rings. The Balaban J connectivity index is -0.000000245. The molecule has 0 amide bonds. The van der Waals surface area contributed by atoms with Gasteiger partial charge in [-0.1, -0.05) is 0 Å². The van der Waals surface area contributed by atoms with E-state index < -0.39 is 5.97 Å². The molecule has 0 radical (unpaired) electrons. The van der Waals surface area contributed by atoms with Crippen LogP contribution in [0.15, 0.2) is 0 Å². The number of nitrogens with zero attached hydrogens (tertiary/aromatic N) is 1. The van der Waals surface area contributed by atoms with Crippen LogP contribution < -0.4 is 9.81 Å². The van der Waals surface area contributed by atoms with Crippen LogP contribution in [-0.4, -0.2) is 38.1 Å². The number of carbonyl (C=O) groups is 1. The minimum atomic E-state index is -1.00. The zero-order chi connectivity index (χ0) is 6.78. The van der Waals surface area contributed by atoms with Crippen molar-refractivity contribution in [3.8, 4) is 0 Å². The predicted octanol–water partition coefficient (Wildman–Crippen LogP) is -4.56. The molecule has 0 aromatic carbocycles. The quantitative estimate of drug-likeness (QED) is 0.446. The second kappa shape index (κ2) is 5.99. The molecular formula is C5H11FNO2Zr-. The molecular weight excluding hydrogens is 216 g/mol. The second-order valence-corrected chi connectivity index (χ2v) is 2.82. The third-order valence-corrected chi connectivity index (χ3v) is 0.603. The first-order valence-electron chi connectivity index (χ1n) is 2.42. The van der Waals surface area contributed by atoms with Gasteiger partial charge in [0, 0.05) is 26.2 Å². The van der Waals surface area contributed by atoms with Gasteiger partial charge in [-0.2, -0.15) is 0 Å². The van der Waals surface area contributed by atoms with Crippen molar-refractivity contribution >= 4 is 5.97 Å². The van der Waals surface area contributed by atoms with E-state index in [4.69, 9.17) is 0 Å². The van der Waals surface area contributed by atoms with Crippen molar-refractivity contribution in [1.82, 2.24) is 0 Å². The molecule has 0 rings (SSSR count). The summed E-state index contributed by atoms with van der Waals surface area (Å²) in [6, 6.07) is 0. The van der Waals surface area contributed by atoms with E-state index in [1.54, 1.807) is 21.1 Å². The van der Waals surface area contributed by atoms with Gasteiger partial charge in [-0.05, 0) is 0 Å². The van der Waals surface area contributed by atoms with Gasteiger partial charge in [0.1, 0.15) is 6.54 Å². The summed E-state index contributed by atoms with van der Waals surface area (Å²) in [5.74, 6) is -1.00. The Morgan fingerprint density at radius 3 is 1.70 bits per heavy atom. The Bertz CT molecular complexity index is 102. The third kappa shape index (κ3) is 15.7. The van der Waals surface area contributed by atoms with Gasteiger partial charge in [-0.25, -0.2) is 0 Å². The number of halogens is 1. The molecule has 0 bridgehead atoms. The van der Waals surface area contributed by atoms with Gasteiger partial charge in [0.25, 0.3) is 0 Å². The number of carboxylic acids is 1. The smallest absolute Gasteiger partial charge is 0.118 e. The summed E-state index contributed by atoms with van der Waals surface area (Å²) in [4.78, 5) is 9.89. The van der Waals surface area contributed by atoms with Crippen LogP contribution in [0.2, 0.25) is 0 Å². The van der Waals surface area contributed by atoms with Crippen LogP contribution in [0, 0.1) is 0 Å². The summed E-state index contributed by atoms with van der Waals surface area (Å²) in [5.41, 5.74) is 0. The number of carboxylic acid groups (broad SMARTS) is 1. The molecule has 10 heavy (non-hydrogen) atoms. The number of aliphatic carboxylic acids is 1. The molecule has 0 aliphatic carbocycles. The standard InChI is InChI=1S/C5H11NO2.FH.Zr/c1-6(2,3)4-5(7)8;;/h4H2,1-3H3;1H;/p-1. The van der Waals surface area contributed by atoms with E-state index in [0.717, 1.165) is 0 Å². The van der Waals surface area contributed by atoms with Crippen molar-refractivity contribution in [2.24, 2.45) is 0 Å². The van der Waals surface area contributed by atoms with Gasteiger partial charge in [-0.3, -0.25) is 0 Å². The van der Waals surface area contributed by atoms with E-state index in [2.05, 4.69) is 0 Å². The predicted molar refractivity (Wildman–Crippen MR) is 27.9 cm³/mol. The summed E-state index contributed by atoms with van der Waals surface area (Å²) < 4.78 is 0.419. The summed E-state index contributed by atoms with van der Waals surface area (Å²) >= 11 is 0. The Morgan fingerprint density at radius 1 is 1.40 bits per heavy atom. The minimum Gasteiger partial charge on any atom is -1.00 e. The number of likely N-dealkylation sites (N-methyl/N-ethyl adjacent to an activating group) is 1. The van der Waals surface area contributed by atoms with Crippen molar-refractivity contribution in [2.75, 3.05) is 27.7 Å². The number of hydrogen-bond acceptors (Lipinski definition) is 2. The van der Waals surface area contributed by atoms with E-state index in [1.807, 2.05) is 0 Å². The number of carbonyl (C=O) groups excluding carboxylic acids is 1. The Morgan fingerprint density at radius 2 is 1.70 bits per heavy atom. The average Bonchev–Trinajstić information content (AvgIpc) is 1.21. The van der Waals surface area contributed by atoms with Crippen molar-refractivity contribution < 1.29 is 45.3 Å². The van der Waals surface area contributed by atoms with Crippen LogP contribution in [-0.2, 0) is 31.0 Å². The van der Waals surface area contributed by atoms with Crippen molar-refractivity contribution in [3.63, 3.8) is 0 Å². The largest absolute Gasteiger partial charge is 1.00 e. The Kier molecular flexibility index (Phi) is 9.99. The van der Waals surface area contributed by atoms with E-state index >= 15 is 0 Å². The Labute approximate surface area is 79.1 Å². The summed E-state index contributed by atoms with van der Waals surface area (Å²) in [6.45, 7) is 0.0694. The number of quaternary nitrogens is 1. The molecule has 0 saturated carbocycles. The Hall–Kier alpha value is 0.243. The van der Waals surface area contributed by atoms with Crippen LogP contribution in [0.5, 0.6) is 0 Å². The third-order valence-electron chi connectivity index (χ3n) is 0.603. The van der Waals surface area contributed by atoms with Gasteiger partial charge in [-0.15, -0.1) is 0 Å². The van der Waals surface area contributed by atoms with Crippen molar-refractivity contribution in [2.45, 2.75) is 0 Å².